The van der Waals surface area contributed by atoms with E-state index in [0.717, 1.165) is 17.7 Å². The number of ether oxygens (including phenoxy) is 1. The van der Waals surface area contributed by atoms with E-state index in [1.54, 1.807) is 7.11 Å². The zero-order chi connectivity index (χ0) is 15.9. The summed E-state index contributed by atoms with van der Waals surface area (Å²) in [6, 6.07) is 7.49. The Labute approximate surface area is 133 Å². The highest BCUT2D eigenvalue weighted by Gasteiger charge is 2.28. The number of benzene rings is 1. The normalized spacial score (nSPS) is 18.7. The number of carbonyl (C=O) groups is 1. The smallest absolute Gasteiger partial charge is 0.255 e. The third-order valence-electron chi connectivity index (χ3n) is 4.52. The summed E-state index contributed by atoms with van der Waals surface area (Å²) in [4.78, 5) is 12.4. The van der Waals surface area contributed by atoms with Crippen LogP contribution in [0.25, 0.3) is 0 Å². The highest BCUT2D eigenvalue weighted by Crippen LogP contribution is 2.28. The number of hydrogen-bond donors (Lipinski definition) is 2. The first-order chi connectivity index (χ1) is 10.6. The average Bonchev–Trinajstić information content (AvgIpc) is 2.49. The zero-order valence-electron chi connectivity index (χ0n) is 13.7. The molecular formula is C18H28N2O2. The molecule has 0 radical (unpaired) electrons. The van der Waals surface area contributed by atoms with Gasteiger partial charge >= 0.3 is 0 Å². The maximum atomic E-state index is 12.4. The van der Waals surface area contributed by atoms with Crippen molar-refractivity contribution < 1.29 is 9.53 Å². The molecule has 0 heterocycles. The molecule has 4 heteroatoms. The van der Waals surface area contributed by atoms with Crippen LogP contribution >= 0.6 is 0 Å². The molecule has 0 aromatic heterocycles. The lowest BCUT2D eigenvalue weighted by Gasteiger charge is -2.28. The Bertz CT molecular complexity index is 484. The Kier molecular flexibility index (Phi) is 6.40. The highest BCUT2D eigenvalue weighted by atomic mass is 16.5. The molecule has 0 aliphatic heterocycles. The maximum Gasteiger partial charge on any atom is 0.255 e. The minimum Gasteiger partial charge on any atom is -0.370 e. The second-order valence-electron chi connectivity index (χ2n) is 6.42. The van der Waals surface area contributed by atoms with Crippen molar-refractivity contribution in [2.75, 3.05) is 12.4 Å². The van der Waals surface area contributed by atoms with Gasteiger partial charge < -0.3 is 15.8 Å². The summed E-state index contributed by atoms with van der Waals surface area (Å²) in [6.07, 6.45) is 6.61. The lowest BCUT2D eigenvalue weighted by molar-refractivity contribution is -0.127. The van der Waals surface area contributed by atoms with E-state index >= 15 is 0 Å². The first kappa shape index (κ1) is 17.0. The lowest BCUT2D eigenvalue weighted by Crippen LogP contribution is -2.45. The van der Waals surface area contributed by atoms with Crippen molar-refractivity contribution in [3.63, 3.8) is 0 Å². The Hall–Kier alpha value is -1.39. The van der Waals surface area contributed by atoms with Crippen LogP contribution in [0.2, 0.25) is 0 Å². The summed E-state index contributed by atoms with van der Waals surface area (Å²) in [7, 11) is 1.56. The first-order valence-corrected chi connectivity index (χ1v) is 8.26. The van der Waals surface area contributed by atoms with Crippen LogP contribution in [0, 0.1) is 12.8 Å². The summed E-state index contributed by atoms with van der Waals surface area (Å²) in [5.41, 5.74) is 8.16. The summed E-state index contributed by atoms with van der Waals surface area (Å²) in [6.45, 7) is 2.00. The number of anilines is 1. The molecule has 122 valence electrons. The van der Waals surface area contributed by atoms with Crippen LogP contribution in [0.1, 0.15) is 44.1 Å². The van der Waals surface area contributed by atoms with Crippen molar-refractivity contribution in [2.24, 2.45) is 11.7 Å². The molecule has 0 spiro atoms. The number of amides is 1. The van der Waals surface area contributed by atoms with E-state index in [1.165, 1.54) is 32.1 Å². The van der Waals surface area contributed by atoms with Gasteiger partial charge in [0.15, 0.2) is 6.10 Å². The van der Waals surface area contributed by atoms with Gasteiger partial charge in [0.1, 0.15) is 0 Å². The van der Waals surface area contributed by atoms with Gasteiger partial charge in [-0.2, -0.15) is 0 Å². The van der Waals surface area contributed by atoms with E-state index in [0.29, 0.717) is 5.92 Å². The number of hydrogen-bond acceptors (Lipinski definition) is 3. The van der Waals surface area contributed by atoms with Gasteiger partial charge in [0.05, 0.1) is 0 Å². The first-order valence-electron chi connectivity index (χ1n) is 8.26. The quantitative estimate of drug-likeness (QED) is 0.848. The van der Waals surface area contributed by atoms with Crippen molar-refractivity contribution in [1.29, 1.82) is 0 Å². The van der Waals surface area contributed by atoms with Crippen LogP contribution in [-0.4, -0.2) is 25.2 Å². The maximum absolute atomic E-state index is 12.4. The average molecular weight is 304 g/mol. The SMILES string of the molecule is COC(C(=O)Nc1cccc(C)c1)[C@H](N)CC1CCCCC1. The van der Waals surface area contributed by atoms with Gasteiger partial charge in [0, 0.05) is 18.8 Å². The Morgan fingerprint density at radius 1 is 1.36 bits per heavy atom. The number of nitrogens with two attached hydrogens (primary N) is 1. The minimum absolute atomic E-state index is 0.156. The van der Waals surface area contributed by atoms with Gasteiger partial charge in [-0.05, 0) is 37.0 Å². The largest absolute Gasteiger partial charge is 0.370 e. The standard InChI is InChI=1S/C18H28N2O2/c1-13-7-6-10-15(11-13)20-18(21)17(22-2)16(19)12-14-8-4-3-5-9-14/h6-7,10-11,14,16-17H,3-5,8-9,12,19H2,1-2H3,(H,20,21)/t16-,17?/m1/s1. The second-order valence-corrected chi connectivity index (χ2v) is 6.42. The molecule has 3 N–H and O–H groups in total. The highest BCUT2D eigenvalue weighted by molar-refractivity contribution is 5.94. The Morgan fingerprint density at radius 3 is 2.73 bits per heavy atom. The summed E-state index contributed by atoms with van der Waals surface area (Å²) < 4.78 is 5.38. The fourth-order valence-electron chi connectivity index (χ4n) is 3.34. The molecule has 0 bridgehead atoms. The third-order valence-corrected chi connectivity index (χ3v) is 4.52. The van der Waals surface area contributed by atoms with E-state index in [2.05, 4.69) is 5.32 Å². The van der Waals surface area contributed by atoms with Crippen LogP contribution in [-0.2, 0) is 9.53 Å². The molecule has 22 heavy (non-hydrogen) atoms. The fourth-order valence-corrected chi connectivity index (χ4v) is 3.34. The van der Waals surface area contributed by atoms with E-state index in [-0.39, 0.29) is 11.9 Å². The molecule has 4 nitrogen and oxygen atoms in total. The Balaban J connectivity index is 1.92. The molecule has 1 aromatic carbocycles. The van der Waals surface area contributed by atoms with E-state index in [1.807, 2.05) is 31.2 Å². The van der Waals surface area contributed by atoms with E-state index in [9.17, 15) is 4.79 Å². The van der Waals surface area contributed by atoms with Crippen LogP contribution in [0.15, 0.2) is 24.3 Å². The fraction of sp³-hybridized carbons (Fsp3) is 0.611. The topological polar surface area (TPSA) is 64.3 Å². The van der Waals surface area contributed by atoms with Gasteiger partial charge in [0.25, 0.3) is 5.91 Å². The molecule has 1 saturated carbocycles. The summed E-state index contributed by atoms with van der Waals surface area (Å²) in [5, 5.41) is 2.91. The van der Waals surface area contributed by atoms with Crippen molar-refractivity contribution in [3.05, 3.63) is 29.8 Å². The van der Waals surface area contributed by atoms with Gasteiger partial charge in [-0.3, -0.25) is 4.79 Å². The van der Waals surface area contributed by atoms with Crippen molar-refractivity contribution >= 4 is 11.6 Å². The van der Waals surface area contributed by atoms with Crippen molar-refractivity contribution in [1.82, 2.24) is 0 Å². The number of aryl methyl sites for hydroxylation is 1. The van der Waals surface area contributed by atoms with Crippen molar-refractivity contribution in [2.45, 2.75) is 57.6 Å². The molecule has 1 unspecified atom stereocenters. The van der Waals surface area contributed by atoms with Crippen LogP contribution < -0.4 is 11.1 Å². The molecule has 1 aromatic rings. The monoisotopic (exact) mass is 304 g/mol. The van der Waals surface area contributed by atoms with Crippen LogP contribution in [0.3, 0.4) is 0 Å². The molecule has 0 saturated heterocycles. The number of carbonyl (C=O) groups excluding carboxylic acids is 1. The van der Waals surface area contributed by atoms with Gasteiger partial charge in [0.2, 0.25) is 0 Å². The van der Waals surface area contributed by atoms with Crippen LogP contribution in [0.5, 0.6) is 0 Å². The number of nitrogens with one attached hydrogen (secondary N) is 1. The predicted molar refractivity (Wildman–Crippen MR) is 89.8 cm³/mol. The van der Waals surface area contributed by atoms with E-state index < -0.39 is 6.10 Å². The molecule has 2 rings (SSSR count). The number of rotatable bonds is 6. The zero-order valence-corrected chi connectivity index (χ0v) is 13.7. The van der Waals surface area contributed by atoms with Gasteiger partial charge in [-0.15, -0.1) is 0 Å². The van der Waals surface area contributed by atoms with Crippen molar-refractivity contribution in [3.8, 4) is 0 Å². The molecule has 1 amide bonds. The molecular weight excluding hydrogens is 276 g/mol. The molecule has 2 atom stereocenters. The molecule has 1 fully saturated rings. The summed E-state index contributed by atoms with van der Waals surface area (Å²) >= 11 is 0. The molecule has 1 aliphatic rings. The third kappa shape index (κ3) is 4.82. The van der Waals surface area contributed by atoms with E-state index in [4.69, 9.17) is 10.5 Å². The van der Waals surface area contributed by atoms with Gasteiger partial charge in [-0.1, -0.05) is 44.2 Å². The summed E-state index contributed by atoms with van der Waals surface area (Å²) in [5.74, 6) is 0.476. The lowest BCUT2D eigenvalue weighted by atomic mass is 9.84. The Morgan fingerprint density at radius 2 is 2.09 bits per heavy atom. The molecule has 1 aliphatic carbocycles. The van der Waals surface area contributed by atoms with Crippen LogP contribution in [0.4, 0.5) is 5.69 Å². The number of methoxy groups -OCH3 is 1. The second kappa shape index (κ2) is 8.30. The van der Waals surface area contributed by atoms with Gasteiger partial charge in [-0.25, -0.2) is 0 Å². The minimum atomic E-state index is -0.595. The predicted octanol–water partition coefficient (Wildman–Crippen LogP) is 3.25.